The molecule has 0 saturated carbocycles. The molecule has 0 saturated heterocycles. The molecule has 0 spiro atoms. The van der Waals surface area contributed by atoms with Crippen molar-refractivity contribution in [1.29, 1.82) is 0 Å². The Hall–Kier alpha value is -2.10. The van der Waals surface area contributed by atoms with E-state index in [1.807, 2.05) is 0 Å². The van der Waals surface area contributed by atoms with Crippen LogP contribution in [0.25, 0.3) is 17.2 Å². The van der Waals surface area contributed by atoms with Crippen molar-refractivity contribution < 1.29 is 17.6 Å². The Morgan fingerprint density at radius 2 is 1.68 bits per heavy atom. The topological polar surface area (TPSA) is 0 Å². The van der Waals surface area contributed by atoms with Crippen molar-refractivity contribution in [2.24, 2.45) is 0 Å². The third-order valence-electron chi connectivity index (χ3n) is 2.76. The maximum atomic E-state index is 13.2. The van der Waals surface area contributed by atoms with Crippen molar-refractivity contribution in [3.05, 3.63) is 66.0 Å². The minimum atomic E-state index is -4.71. The Balaban J connectivity index is 2.61. The number of hydrogen-bond donors (Lipinski definition) is 0. The molecule has 4 heteroatoms. The lowest BCUT2D eigenvalue weighted by molar-refractivity contribution is -0.139. The molecule has 0 aliphatic heterocycles. The van der Waals surface area contributed by atoms with Gasteiger partial charge in [-0.15, -0.1) is 0 Å². The van der Waals surface area contributed by atoms with Crippen LogP contribution in [0.15, 0.2) is 49.0 Å². The molecule has 98 valence electrons. The smallest absolute Gasteiger partial charge is 0.206 e. The van der Waals surface area contributed by atoms with Crippen LogP contribution in [0.5, 0.6) is 0 Å². The zero-order valence-electron chi connectivity index (χ0n) is 9.84. The predicted molar refractivity (Wildman–Crippen MR) is 66.9 cm³/mol. The standard InChI is InChI=1S/C15H10F4/c1-2-10-5-3-4-6-12(10)11-7-8-14(16)13(9-11)15(17,18)19/h2-9H,1H2. The van der Waals surface area contributed by atoms with Crippen molar-refractivity contribution in [1.82, 2.24) is 0 Å². The third kappa shape index (κ3) is 2.67. The molecule has 0 atom stereocenters. The van der Waals surface area contributed by atoms with Gasteiger partial charge in [-0.3, -0.25) is 0 Å². The molecule has 0 amide bonds. The molecule has 0 fully saturated rings. The minimum absolute atomic E-state index is 0.309. The molecule has 0 aliphatic rings. The summed E-state index contributed by atoms with van der Waals surface area (Å²) in [5.74, 6) is -1.27. The Morgan fingerprint density at radius 1 is 1.00 bits per heavy atom. The summed E-state index contributed by atoms with van der Waals surface area (Å²) >= 11 is 0. The number of rotatable bonds is 2. The van der Waals surface area contributed by atoms with Crippen molar-refractivity contribution in [2.45, 2.75) is 6.18 Å². The first-order valence-corrected chi connectivity index (χ1v) is 5.52. The second-order valence-electron chi connectivity index (χ2n) is 3.98. The molecule has 0 N–H and O–H groups in total. The van der Waals surface area contributed by atoms with Gasteiger partial charge in [-0.05, 0) is 28.8 Å². The van der Waals surface area contributed by atoms with Crippen molar-refractivity contribution in [3.63, 3.8) is 0 Å². The maximum absolute atomic E-state index is 13.2. The summed E-state index contributed by atoms with van der Waals surface area (Å²) in [4.78, 5) is 0. The second-order valence-corrected chi connectivity index (χ2v) is 3.98. The monoisotopic (exact) mass is 266 g/mol. The highest BCUT2D eigenvalue weighted by Crippen LogP contribution is 2.35. The average Bonchev–Trinajstić information content (AvgIpc) is 2.38. The highest BCUT2D eigenvalue weighted by Gasteiger charge is 2.34. The number of benzene rings is 2. The summed E-state index contributed by atoms with van der Waals surface area (Å²) in [7, 11) is 0. The van der Waals surface area contributed by atoms with Crippen LogP contribution in [0, 0.1) is 5.82 Å². The predicted octanol–water partition coefficient (Wildman–Crippen LogP) is 5.15. The molecule has 2 aromatic rings. The Morgan fingerprint density at radius 3 is 2.32 bits per heavy atom. The first kappa shape index (κ1) is 13.3. The van der Waals surface area contributed by atoms with E-state index in [-0.39, 0.29) is 0 Å². The minimum Gasteiger partial charge on any atom is -0.206 e. The van der Waals surface area contributed by atoms with Gasteiger partial charge in [-0.2, -0.15) is 13.2 Å². The van der Waals surface area contributed by atoms with Gasteiger partial charge < -0.3 is 0 Å². The van der Waals surface area contributed by atoms with E-state index in [2.05, 4.69) is 6.58 Å². The van der Waals surface area contributed by atoms with Crippen LogP contribution < -0.4 is 0 Å². The van der Waals surface area contributed by atoms with Crippen LogP contribution >= 0.6 is 0 Å². The van der Waals surface area contributed by atoms with Gasteiger partial charge >= 0.3 is 6.18 Å². The fourth-order valence-electron chi connectivity index (χ4n) is 1.85. The number of halogens is 4. The van der Waals surface area contributed by atoms with Crippen molar-refractivity contribution >= 4 is 6.08 Å². The summed E-state index contributed by atoms with van der Waals surface area (Å²) < 4.78 is 51.2. The highest BCUT2D eigenvalue weighted by molar-refractivity contribution is 5.75. The van der Waals surface area contributed by atoms with Gasteiger partial charge in [0.25, 0.3) is 0 Å². The Labute approximate surface area is 108 Å². The molecule has 2 aromatic carbocycles. The fourth-order valence-corrected chi connectivity index (χ4v) is 1.85. The van der Waals surface area contributed by atoms with Gasteiger partial charge in [0, 0.05) is 0 Å². The van der Waals surface area contributed by atoms with E-state index in [1.54, 1.807) is 30.3 Å². The second kappa shape index (κ2) is 4.88. The fraction of sp³-hybridized carbons (Fsp3) is 0.0667. The zero-order valence-corrected chi connectivity index (χ0v) is 9.84. The van der Waals surface area contributed by atoms with Gasteiger partial charge in [0.15, 0.2) is 0 Å². The quantitative estimate of drug-likeness (QED) is 0.659. The summed E-state index contributed by atoms with van der Waals surface area (Å²) in [6.07, 6.45) is -3.16. The molecule has 0 heterocycles. The van der Waals surface area contributed by atoms with E-state index < -0.39 is 17.6 Å². The third-order valence-corrected chi connectivity index (χ3v) is 2.76. The molecule has 0 bridgehead atoms. The maximum Gasteiger partial charge on any atom is 0.419 e. The van der Waals surface area contributed by atoms with Crippen LogP contribution in [-0.4, -0.2) is 0 Å². The summed E-state index contributed by atoms with van der Waals surface area (Å²) in [5.41, 5.74) is 0.332. The van der Waals surface area contributed by atoms with E-state index in [9.17, 15) is 17.6 Å². The average molecular weight is 266 g/mol. The molecule has 0 unspecified atom stereocenters. The Bertz CT molecular complexity index is 612. The first-order chi connectivity index (χ1) is 8.93. The molecule has 19 heavy (non-hydrogen) atoms. The van der Waals surface area contributed by atoms with Crippen LogP contribution in [0.1, 0.15) is 11.1 Å². The number of alkyl halides is 3. The van der Waals surface area contributed by atoms with Gasteiger partial charge in [0.1, 0.15) is 5.82 Å². The number of hydrogen-bond acceptors (Lipinski definition) is 0. The summed E-state index contributed by atoms with van der Waals surface area (Å²) in [6.45, 7) is 3.61. The van der Waals surface area contributed by atoms with Gasteiger partial charge in [0.05, 0.1) is 5.56 Å². The largest absolute Gasteiger partial charge is 0.419 e. The van der Waals surface area contributed by atoms with E-state index in [0.29, 0.717) is 16.7 Å². The van der Waals surface area contributed by atoms with Gasteiger partial charge in [-0.25, -0.2) is 4.39 Å². The van der Waals surface area contributed by atoms with Crippen LogP contribution in [-0.2, 0) is 6.18 Å². The highest BCUT2D eigenvalue weighted by atomic mass is 19.4. The van der Waals surface area contributed by atoms with Crippen LogP contribution in [0.2, 0.25) is 0 Å². The summed E-state index contributed by atoms with van der Waals surface area (Å²) in [5, 5.41) is 0. The molecule has 0 radical (unpaired) electrons. The van der Waals surface area contributed by atoms with Crippen LogP contribution in [0.3, 0.4) is 0 Å². The molecular formula is C15H10F4. The van der Waals surface area contributed by atoms with E-state index in [4.69, 9.17) is 0 Å². The lowest BCUT2D eigenvalue weighted by Crippen LogP contribution is -2.08. The first-order valence-electron chi connectivity index (χ1n) is 5.52. The van der Waals surface area contributed by atoms with Gasteiger partial charge in [-0.1, -0.05) is 43.0 Å². The lowest BCUT2D eigenvalue weighted by Gasteiger charge is -2.11. The van der Waals surface area contributed by atoms with Crippen LogP contribution in [0.4, 0.5) is 17.6 Å². The molecule has 2 rings (SSSR count). The molecule has 0 aromatic heterocycles. The van der Waals surface area contributed by atoms with Crippen molar-refractivity contribution in [3.8, 4) is 11.1 Å². The van der Waals surface area contributed by atoms with Crippen molar-refractivity contribution in [2.75, 3.05) is 0 Å². The lowest BCUT2D eigenvalue weighted by atomic mass is 9.98. The molecule has 0 aliphatic carbocycles. The summed E-state index contributed by atoms with van der Waals surface area (Å²) in [6, 6.07) is 9.85. The van der Waals surface area contributed by atoms with E-state index in [0.717, 1.165) is 12.1 Å². The van der Waals surface area contributed by atoms with E-state index in [1.165, 1.54) is 6.07 Å². The van der Waals surface area contributed by atoms with E-state index >= 15 is 0 Å². The SMILES string of the molecule is C=Cc1ccccc1-c1ccc(F)c(C(F)(F)F)c1. The van der Waals surface area contributed by atoms with Gasteiger partial charge in [0.2, 0.25) is 0 Å². The normalized spacial score (nSPS) is 11.4. The Kier molecular flexibility index (Phi) is 3.42. The zero-order chi connectivity index (χ0) is 14.0. The molecule has 0 nitrogen and oxygen atoms in total. The molecular weight excluding hydrogens is 256 g/mol.